The number of benzene rings is 2. The molecule has 1 saturated carbocycles. The monoisotopic (exact) mass is 675 g/mol. The van der Waals surface area contributed by atoms with E-state index in [0.717, 1.165) is 42.8 Å². The fourth-order valence-electron chi connectivity index (χ4n) is 8.04. The van der Waals surface area contributed by atoms with Gasteiger partial charge >= 0.3 is 5.97 Å². The van der Waals surface area contributed by atoms with E-state index in [-0.39, 0.29) is 11.2 Å². The maximum absolute atomic E-state index is 13.3. The van der Waals surface area contributed by atoms with Crippen LogP contribution in [0.25, 0.3) is 0 Å². The first-order valence-corrected chi connectivity index (χ1v) is 17.2. The van der Waals surface area contributed by atoms with Crippen molar-refractivity contribution in [2.24, 2.45) is 5.92 Å². The van der Waals surface area contributed by atoms with Crippen molar-refractivity contribution in [2.75, 3.05) is 72.3 Å². The van der Waals surface area contributed by atoms with Gasteiger partial charge in [-0.05, 0) is 74.7 Å². The molecule has 0 radical (unpaired) electrons. The minimum atomic E-state index is -0.496. The highest BCUT2D eigenvalue weighted by Gasteiger charge is 2.65. The molecule has 4 aliphatic rings. The number of esters is 1. The molecule has 1 saturated heterocycles. The Kier molecular flexibility index (Phi) is 10.2. The Bertz CT molecular complexity index is 1630. The van der Waals surface area contributed by atoms with Gasteiger partial charge < -0.3 is 38.6 Å². The van der Waals surface area contributed by atoms with Gasteiger partial charge in [-0.1, -0.05) is 11.3 Å². The lowest BCUT2D eigenvalue weighted by Gasteiger charge is -2.57. The molecule has 49 heavy (non-hydrogen) atoms. The summed E-state index contributed by atoms with van der Waals surface area (Å²) in [4.78, 5) is 28.9. The standard InChI is InChI=1S/C36H45N5O8/c1-40-12-11-36-28-8-9-30(42)34(36)49-33-31(10-5-25(32(33)36)21-29(28)40)48-35(43)24-3-6-26(7-4-24)37-22-27-23-41(39-38-27)13-14-45-17-18-47-20-19-46-16-15-44-2/h3-7,10,23,28-29,34,37H,8-9,11-22H2,1-2H3/t28?,29?,34-,36-/m0/s1. The smallest absolute Gasteiger partial charge is 0.343 e. The van der Waals surface area contributed by atoms with Crippen LogP contribution in [0, 0.1) is 5.92 Å². The van der Waals surface area contributed by atoms with Crippen LogP contribution in [0.2, 0.25) is 0 Å². The Hall–Kier alpha value is -3.88. The van der Waals surface area contributed by atoms with E-state index < -0.39 is 12.1 Å². The van der Waals surface area contributed by atoms with Gasteiger partial charge in [-0.3, -0.25) is 4.79 Å². The Morgan fingerprint density at radius 1 is 1.02 bits per heavy atom. The molecule has 2 fully saturated rings. The molecule has 4 atom stereocenters. The molecule has 262 valence electrons. The predicted molar refractivity (Wildman–Crippen MR) is 178 cm³/mol. The van der Waals surface area contributed by atoms with E-state index >= 15 is 0 Å². The van der Waals surface area contributed by atoms with Crippen LogP contribution >= 0.6 is 0 Å². The lowest BCUT2D eigenvalue weighted by molar-refractivity contribution is -0.138. The quantitative estimate of drug-likeness (QED) is 0.128. The van der Waals surface area contributed by atoms with E-state index in [1.54, 1.807) is 23.9 Å². The molecule has 0 amide bonds. The van der Waals surface area contributed by atoms with Crippen LogP contribution in [-0.4, -0.2) is 111 Å². The van der Waals surface area contributed by atoms with Gasteiger partial charge in [0.1, 0.15) is 5.69 Å². The van der Waals surface area contributed by atoms with E-state index in [0.29, 0.717) is 94.8 Å². The van der Waals surface area contributed by atoms with Gasteiger partial charge in [0.2, 0.25) is 0 Å². The minimum Gasteiger partial charge on any atom is -0.477 e. The Labute approximate surface area is 286 Å². The summed E-state index contributed by atoms with van der Waals surface area (Å²) in [5, 5.41) is 11.7. The van der Waals surface area contributed by atoms with E-state index in [1.807, 2.05) is 24.4 Å². The van der Waals surface area contributed by atoms with Crippen molar-refractivity contribution >= 4 is 17.4 Å². The topological polar surface area (TPSA) is 136 Å². The average Bonchev–Trinajstić information content (AvgIpc) is 3.72. The number of nitrogens with zero attached hydrogens (tertiary/aromatic N) is 4. The molecule has 13 nitrogen and oxygen atoms in total. The number of ketones is 1. The highest BCUT2D eigenvalue weighted by atomic mass is 16.6. The third-order valence-electron chi connectivity index (χ3n) is 10.4. The largest absolute Gasteiger partial charge is 0.477 e. The molecule has 3 heterocycles. The maximum Gasteiger partial charge on any atom is 0.343 e. The number of anilines is 1. The van der Waals surface area contributed by atoms with E-state index in [9.17, 15) is 9.59 Å². The number of hydrogen-bond acceptors (Lipinski definition) is 12. The molecule has 13 heteroatoms. The molecule has 1 aromatic heterocycles. The second-order valence-corrected chi connectivity index (χ2v) is 13.2. The Balaban J connectivity index is 0.885. The summed E-state index contributed by atoms with van der Waals surface area (Å²) in [5.74, 6) is 1.03. The number of rotatable bonds is 17. The average molecular weight is 676 g/mol. The van der Waals surface area contributed by atoms with Gasteiger partial charge in [0, 0.05) is 36.2 Å². The molecule has 1 spiro atoms. The lowest BCUT2D eigenvalue weighted by Crippen LogP contribution is -2.65. The van der Waals surface area contributed by atoms with Crippen LogP contribution < -0.4 is 14.8 Å². The Morgan fingerprint density at radius 2 is 1.78 bits per heavy atom. The fraction of sp³-hybridized carbons (Fsp3) is 0.556. The zero-order chi connectivity index (χ0) is 33.8. The molecule has 1 N–H and O–H groups in total. The first kappa shape index (κ1) is 33.6. The molecule has 7 rings (SSSR count). The molecule has 3 aromatic rings. The van der Waals surface area contributed by atoms with Crippen molar-refractivity contribution in [1.29, 1.82) is 0 Å². The maximum atomic E-state index is 13.3. The number of likely N-dealkylation sites (N-methyl/N-ethyl adjacent to an activating group) is 1. The highest BCUT2D eigenvalue weighted by molar-refractivity contribution is 5.93. The number of ether oxygens (including phenoxy) is 6. The zero-order valence-electron chi connectivity index (χ0n) is 28.2. The van der Waals surface area contributed by atoms with Gasteiger partial charge in [0.05, 0.1) is 71.1 Å². The normalized spacial score (nSPS) is 23.6. The van der Waals surface area contributed by atoms with Crippen LogP contribution in [-0.2, 0) is 48.7 Å². The van der Waals surface area contributed by atoms with Crippen molar-refractivity contribution in [1.82, 2.24) is 19.9 Å². The first-order chi connectivity index (χ1) is 24.0. The summed E-state index contributed by atoms with van der Waals surface area (Å²) in [5.41, 5.74) is 4.03. The van der Waals surface area contributed by atoms with E-state index in [1.165, 1.54) is 5.56 Å². The summed E-state index contributed by atoms with van der Waals surface area (Å²) in [6, 6.07) is 11.4. The van der Waals surface area contributed by atoms with Crippen molar-refractivity contribution in [3.63, 3.8) is 0 Å². The van der Waals surface area contributed by atoms with Crippen molar-refractivity contribution < 1.29 is 38.0 Å². The molecule has 2 bridgehead atoms. The molecule has 2 aliphatic carbocycles. The summed E-state index contributed by atoms with van der Waals surface area (Å²) in [6.07, 6.45) is 4.60. The first-order valence-electron chi connectivity index (χ1n) is 17.2. The second kappa shape index (κ2) is 14.9. The fourth-order valence-corrected chi connectivity index (χ4v) is 8.04. The van der Waals surface area contributed by atoms with Crippen LogP contribution in [0.15, 0.2) is 42.6 Å². The number of methoxy groups -OCH3 is 1. The number of nitrogens with one attached hydrogen (secondary N) is 1. The number of likely N-dealkylation sites (tertiary alicyclic amines) is 1. The number of carbonyl (C=O) groups is 2. The van der Waals surface area contributed by atoms with E-state index in [4.69, 9.17) is 28.4 Å². The van der Waals surface area contributed by atoms with Gasteiger partial charge in [-0.25, -0.2) is 9.48 Å². The zero-order valence-corrected chi connectivity index (χ0v) is 28.2. The van der Waals surface area contributed by atoms with Gasteiger partial charge in [0.25, 0.3) is 0 Å². The van der Waals surface area contributed by atoms with E-state index in [2.05, 4.69) is 33.6 Å². The summed E-state index contributed by atoms with van der Waals surface area (Å²) in [6.45, 7) is 5.67. The number of Topliss-reactive ketones (excluding diaryl/α,β-unsaturated/α-hetero) is 1. The summed E-state index contributed by atoms with van der Waals surface area (Å²) >= 11 is 0. The van der Waals surface area contributed by atoms with Crippen LogP contribution in [0.5, 0.6) is 11.5 Å². The van der Waals surface area contributed by atoms with Gasteiger partial charge in [-0.2, -0.15) is 0 Å². The number of aromatic nitrogens is 3. The lowest BCUT2D eigenvalue weighted by atomic mass is 9.52. The predicted octanol–water partition coefficient (Wildman–Crippen LogP) is 3.04. The van der Waals surface area contributed by atoms with Crippen LogP contribution in [0.4, 0.5) is 5.69 Å². The Morgan fingerprint density at radius 3 is 2.55 bits per heavy atom. The highest BCUT2D eigenvalue weighted by Crippen LogP contribution is 2.63. The number of piperidine rings is 1. The van der Waals surface area contributed by atoms with Gasteiger partial charge in [0.15, 0.2) is 23.4 Å². The van der Waals surface area contributed by atoms with Gasteiger partial charge in [-0.15, -0.1) is 5.10 Å². The molecule has 2 aliphatic heterocycles. The van der Waals surface area contributed by atoms with Crippen molar-refractivity contribution in [2.45, 2.75) is 56.3 Å². The molecule has 2 unspecified atom stereocenters. The van der Waals surface area contributed by atoms with Crippen molar-refractivity contribution in [3.8, 4) is 11.5 Å². The van der Waals surface area contributed by atoms with Crippen molar-refractivity contribution in [3.05, 3.63) is 65.0 Å². The molecular formula is C36H45N5O8. The minimum absolute atomic E-state index is 0.161. The SMILES string of the molecule is COCCOCCOCCOCCn1cc(CNc2ccc(C(=O)Oc3ccc4c5c3O[C@H]3C(=O)CCC6C(C4)N(C)CC[C@@]563)cc2)nn1. The summed E-state index contributed by atoms with van der Waals surface area (Å²) < 4.78 is 35.5. The number of hydrogen-bond donors (Lipinski definition) is 1. The number of carbonyl (C=O) groups excluding carboxylic acids is 2. The van der Waals surface area contributed by atoms with Crippen LogP contribution in [0.3, 0.4) is 0 Å². The molecular weight excluding hydrogens is 630 g/mol. The molecule has 2 aromatic carbocycles. The third kappa shape index (κ3) is 6.82. The van der Waals surface area contributed by atoms with Crippen LogP contribution in [0.1, 0.15) is 46.4 Å². The third-order valence-corrected chi connectivity index (χ3v) is 10.4. The summed E-state index contributed by atoms with van der Waals surface area (Å²) in [7, 11) is 3.83. The second-order valence-electron chi connectivity index (χ2n) is 13.2.